The number of likely N-dealkylation sites (N-methyl/N-ethyl adjacent to an activating group) is 1. The van der Waals surface area contributed by atoms with Gasteiger partial charge in [-0.2, -0.15) is 0 Å². The Balaban J connectivity index is 1.62. The fourth-order valence-electron chi connectivity index (χ4n) is 3.34. The summed E-state index contributed by atoms with van der Waals surface area (Å²) in [5.41, 5.74) is 1.39. The Morgan fingerprint density at radius 2 is 1.92 bits per heavy atom. The molecule has 1 fully saturated rings. The molecule has 0 aliphatic heterocycles. The summed E-state index contributed by atoms with van der Waals surface area (Å²) in [6, 6.07) is 7.71. The van der Waals surface area contributed by atoms with E-state index in [4.69, 9.17) is 9.15 Å². The number of furan rings is 1. The number of esters is 1. The first kappa shape index (κ1) is 16.6. The first-order chi connectivity index (χ1) is 11.6. The highest BCUT2D eigenvalue weighted by atomic mass is 16.5. The summed E-state index contributed by atoms with van der Waals surface area (Å²) < 4.78 is 10.8. The lowest BCUT2D eigenvalue weighted by Gasteiger charge is -2.31. The monoisotopic (exact) mass is 329 g/mol. The molecule has 1 aromatic heterocycles. The van der Waals surface area contributed by atoms with Crippen LogP contribution in [0.25, 0.3) is 11.0 Å². The molecule has 0 bridgehead atoms. The normalized spacial score (nSPS) is 15.4. The van der Waals surface area contributed by atoms with Crippen LogP contribution in [0.15, 0.2) is 28.7 Å². The Hall–Kier alpha value is -2.30. The number of hydrogen-bond acceptors (Lipinski definition) is 4. The van der Waals surface area contributed by atoms with E-state index in [1.54, 1.807) is 18.0 Å². The van der Waals surface area contributed by atoms with Gasteiger partial charge in [-0.3, -0.25) is 4.79 Å². The molecule has 0 N–H and O–H groups in total. The molecule has 1 aliphatic carbocycles. The zero-order valence-corrected chi connectivity index (χ0v) is 14.2. The van der Waals surface area contributed by atoms with E-state index in [2.05, 4.69) is 0 Å². The Bertz CT molecular complexity index is 743. The minimum Gasteiger partial charge on any atom is -0.450 e. The van der Waals surface area contributed by atoms with Gasteiger partial charge in [0.1, 0.15) is 5.58 Å². The Morgan fingerprint density at radius 1 is 1.21 bits per heavy atom. The highest BCUT2D eigenvalue weighted by molar-refractivity contribution is 5.96. The van der Waals surface area contributed by atoms with Crippen LogP contribution in [0.2, 0.25) is 0 Å². The van der Waals surface area contributed by atoms with Crippen LogP contribution in [-0.2, 0) is 9.53 Å². The van der Waals surface area contributed by atoms with Crippen molar-refractivity contribution in [3.63, 3.8) is 0 Å². The molecule has 0 radical (unpaired) electrons. The van der Waals surface area contributed by atoms with Gasteiger partial charge >= 0.3 is 5.97 Å². The summed E-state index contributed by atoms with van der Waals surface area (Å²) in [5, 5.41) is 0.884. The minimum atomic E-state index is -0.589. The molecule has 128 valence electrons. The number of hydrogen-bond donors (Lipinski definition) is 0. The van der Waals surface area contributed by atoms with Gasteiger partial charge in [-0.15, -0.1) is 0 Å². The maximum Gasteiger partial charge on any atom is 0.375 e. The molecule has 1 amide bonds. The minimum absolute atomic E-state index is 0.163. The van der Waals surface area contributed by atoms with Crippen molar-refractivity contribution >= 4 is 22.8 Å². The molecule has 1 aromatic carbocycles. The number of carbonyl (C=O) groups is 2. The summed E-state index contributed by atoms with van der Waals surface area (Å²) in [5.74, 6) is -0.581. The predicted molar refractivity (Wildman–Crippen MR) is 90.9 cm³/mol. The fourth-order valence-corrected chi connectivity index (χ4v) is 3.34. The van der Waals surface area contributed by atoms with Gasteiger partial charge in [0, 0.05) is 24.0 Å². The van der Waals surface area contributed by atoms with Gasteiger partial charge in [0.15, 0.2) is 6.61 Å². The van der Waals surface area contributed by atoms with Crippen molar-refractivity contribution in [2.24, 2.45) is 0 Å². The third-order valence-corrected chi connectivity index (χ3v) is 4.87. The third-order valence-electron chi connectivity index (χ3n) is 4.87. The first-order valence-corrected chi connectivity index (χ1v) is 8.49. The number of aryl methyl sites for hydroxylation is 1. The maximum atomic E-state index is 12.3. The van der Waals surface area contributed by atoms with E-state index in [1.165, 1.54) is 6.42 Å². The molecule has 1 aliphatic rings. The van der Waals surface area contributed by atoms with E-state index in [0.717, 1.165) is 36.6 Å². The molecule has 1 heterocycles. The van der Waals surface area contributed by atoms with Crippen LogP contribution in [0, 0.1) is 6.92 Å². The topological polar surface area (TPSA) is 59.8 Å². The van der Waals surface area contributed by atoms with E-state index in [0.29, 0.717) is 5.58 Å². The number of para-hydroxylation sites is 1. The lowest BCUT2D eigenvalue weighted by atomic mass is 9.94. The SMILES string of the molecule is Cc1c(C(=O)OCC(=O)N(C)C2CCCCC2)oc2ccccc12. The van der Waals surface area contributed by atoms with Gasteiger partial charge in [-0.25, -0.2) is 4.79 Å². The van der Waals surface area contributed by atoms with Crippen LogP contribution in [0.5, 0.6) is 0 Å². The molecule has 1 saturated carbocycles. The largest absolute Gasteiger partial charge is 0.450 e. The van der Waals surface area contributed by atoms with Gasteiger partial charge in [-0.05, 0) is 25.8 Å². The van der Waals surface area contributed by atoms with Crippen molar-refractivity contribution in [2.45, 2.75) is 45.1 Å². The molecule has 24 heavy (non-hydrogen) atoms. The quantitative estimate of drug-likeness (QED) is 0.803. The molecule has 5 nitrogen and oxygen atoms in total. The zero-order valence-electron chi connectivity index (χ0n) is 14.2. The van der Waals surface area contributed by atoms with E-state index in [9.17, 15) is 9.59 Å². The molecule has 0 saturated heterocycles. The van der Waals surface area contributed by atoms with Crippen LogP contribution in [-0.4, -0.2) is 36.5 Å². The van der Waals surface area contributed by atoms with Crippen molar-refractivity contribution in [1.29, 1.82) is 0 Å². The van der Waals surface area contributed by atoms with Gasteiger partial charge in [0.25, 0.3) is 5.91 Å². The second-order valence-electron chi connectivity index (χ2n) is 6.42. The number of nitrogens with zero attached hydrogens (tertiary/aromatic N) is 1. The molecule has 0 unspecified atom stereocenters. The second-order valence-corrected chi connectivity index (χ2v) is 6.42. The van der Waals surface area contributed by atoms with Crippen LogP contribution in [0.4, 0.5) is 0 Å². The molecule has 0 atom stereocenters. The van der Waals surface area contributed by atoms with Crippen LogP contribution in [0.3, 0.4) is 0 Å². The van der Waals surface area contributed by atoms with Crippen molar-refractivity contribution in [2.75, 3.05) is 13.7 Å². The van der Waals surface area contributed by atoms with Gasteiger partial charge in [0.05, 0.1) is 0 Å². The molecule has 2 aromatic rings. The number of ether oxygens (including phenoxy) is 1. The number of carbonyl (C=O) groups excluding carboxylic acids is 2. The molecule has 0 spiro atoms. The number of amides is 1. The summed E-state index contributed by atoms with van der Waals surface area (Å²) in [4.78, 5) is 26.2. The van der Waals surface area contributed by atoms with Gasteiger partial charge < -0.3 is 14.1 Å². The Labute approximate surface area is 141 Å². The third kappa shape index (κ3) is 3.30. The Morgan fingerprint density at radius 3 is 2.62 bits per heavy atom. The lowest BCUT2D eigenvalue weighted by Crippen LogP contribution is -2.40. The standard InChI is InChI=1S/C19H23NO4/c1-13-15-10-6-7-11-16(15)24-18(13)19(22)23-12-17(21)20(2)14-8-4-3-5-9-14/h6-7,10-11,14H,3-5,8-9,12H2,1-2H3. The summed E-state index contributed by atoms with van der Waals surface area (Å²) >= 11 is 0. The average Bonchev–Trinajstić information content (AvgIpc) is 2.96. The van der Waals surface area contributed by atoms with E-state index in [1.807, 2.05) is 25.1 Å². The predicted octanol–water partition coefficient (Wildman–Crippen LogP) is 3.69. The van der Waals surface area contributed by atoms with Crippen LogP contribution >= 0.6 is 0 Å². The Kier molecular flexibility index (Phi) is 4.88. The van der Waals surface area contributed by atoms with Crippen molar-refractivity contribution in [1.82, 2.24) is 4.90 Å². The molecule has 3 rings (SSSR count). The van der Waals surface area contributed by atoms with E-state index in [-0.39, 0.29) is 24.3 Å². The number of rotatable bonds is 4. The van der Waals surface area contributed by atoms with Crippen LogP contribution < -0.4 is 0 Å². The van der Waals surface area contributed by atoms with E-state index < -0.39 is 5.97 Å². The average molecular weight is 329 g/mol. The fraction of sp³-hybridized carbons (Fsp3) is 0.474. The van der Waals surface area contributed by atoms with Gasteiger partial charge in [0.2, 0.25) is 5.76 Å². The number of fused-ring (bicyclic) bond motifs is 1. The molecular weight excluding hydrogens is 306 g/mol. The summed E-state index contributed by atoms with van der Waals surface area (Å²) in [7, 11) is 1.79. The van der Waals surface area contributed by atoms with Crippen molar-refractivity contribution < 1.29 is 18.7 Å². The van der Waals surface area contributed by atoms with Gasteiger partial charge in [-0.1, -0.05) is 37.5 Å². The summed E-state index contributed by atoms with van der Waals surface area (Å²) in [6.07, 6.45) is 5.59. The van der Waals surface area contributed by atoms with Crippen molar-refractivity contribution in [3.8, 4) is 0 Å². The van der Waals surface area contributed by atoms with Crippen molar-refractivity contribution in [3.05, 3.63) is 35.6 Å². The zero-order chi connectivity index (χ0) is 17.1. The molecule has 5 heteroatoms. The summed E-state index contributed by atoms with van der Waals surface area (Å²) in [6.45, 7) is 1.57. The smallest absolute Gasteiger partial charge is 0.375 e. The number of benzene rings is 1. The maximum absolute atomic E-state index is 12.3. The second kappa shape index (κ2) is 7.07. The molecular formula is C19H23NO4. The lowest BCUT2D eigenvalue weighted by molar-refractivity contribution is -0.135. The highest BCUT2D eigenvalue weighted by Crippen LogP contribution is 2.25. The first-order valence-electron chi connectivity index (χ1n) is 8.49. The van der Waals surface area contributed by atoms with Crippen LogP contribution in [0.1, 0.15) is 48.2 Å². The van der Waals surface area contributed by atoms with E-state index >= 15 is 0 Å². The highest BCUT2D eigenvalue weighted by Gasteiger charge is 2.24.